The molecule has 0 saturated carbocycles. The molecule has 0 fully saturated rings. The van der Waals surface area contributed by atoms with Crippen molar-refractivity contribution in [1.29, 1.82) is 0 Å². The molecule has 0 spiro atoms. The van der Waals surface area contributed by atoms with Crippen molar-refractivity contribution in [3.05, 3.63) is 117 Å². The molecule has 4 aromatic rings. The fourth-order valence-corrected chi connectivity index (χ4v) is 3.78. The molecule has 0 radical (unpaired) electrons. The van der Waals surface area contributed by atoms with Gasteiger partial charge in [-0.2, -0.15) is 0 Å². The van der Waals surface area contributed by atoms with Crippen LogP contribution >= 0.6 is 0 Å². The van der Waals surface area contributed by atoms with Crippen molar-refractivity contribution in [2.75, 3.05) is 0 Å². The molecule has 0 aliphatic rings. The summed E-state index contributed by atoms with van der Waals surface area (Å²) in [5, 5.41) is 10.9. The molecule has 0 saturated heterocycles. The molecular formula is C30H28O4. The fraction of sp³-hybridized carbons (Fsp3) is 0.167. The van der Waals surface area contributed by atoms with Crippen molar-refractivity contribution in [3.8, 4) is 22.8 Å². The van der Waals surface area contributed by atoms with E-state index >= 15 is 0 Å². The minimum absolute atomic E-state index is 0.153. The fourth-order valence-electron chi connectivity index (χ4n) is 3.78. The first-order valence-electron chi connectivity index (χ1n) is 11.3. The minimum atomic E-state index is -0.245. The SMILES string of the molecule is CC(C)=C/C=C/Cc1c(-c2ccccc2)oc2cc(OCc3ccccc3C)cc(O)c2c1=O. The van der Waals surface area contributed by atoms with Crippen LogP contribution in [-0.2, 0) is 13.0 Å². The predicted molar refractivity (Wildman–Crippen MR) is 137 cm³/mol. The Morgan fingerprint density at radius 3 is 2.50 bits per heavy atom. The normalized spacial score (nSPS) is 11.1. The van der Waals surface area contributed by atoms with Gasteiger partial charge in [0.25, 0.3) is 0 Å². The number of phenolic OH excluding ortho intramolecular Hbond substituents is 1. The second kappa shape index (κ2) is 10.3. The van der Waals surface area contributed by atoms with Crippen LogP contribution in [0, 0.1) is 6.92 Å². The number of fused-ring (bicyclic) bond motifs is 1. The van der Waals surface area contributed by atoms with E-state index < -0.39 is 0 Å². The Kier molecular flexibility index (Phi) is 6.98. The summed E-state index contributed by atoms with van der Waals surface area (Å²) >= 11 is 0. The molecule has 4 heteroatoms. The van der Waals surface area contributed by atoms with Gasteiger partial charge in [0.2, 0.25) is 5.43 Å². The lowest BCUT2D eigenvalue weighted by atomic mass is 10.0. The van der Waals surface area contributed by atoms with Gasteiger partial charge in [0.1, 0.15) is 34.8 Å². The first-order chi connectivity index (χ1) is 16.4. The number of phenols is 1. The summed E-state index contributed by atoms with van der Waals surface area (Å²) in [7, 11) is 0. The molecule has 0 amide bonds. The summed E-state index contributed by atoms with van der Waals surface area (Å²) in [4.78, 5) is 13.5. The average molecular weight is 453 g/mol. The van der Waals surface area contributed by atoms with Gasteiger partial charge in [-0.15, -0.1) is 0 Å². The van der Waals surface area contributed by atoms with E-state index in [2.05, 4.69) is 0 Å². The van der Waals surface area contributed by atoms with Crippen LogP contribution < -0.4 is 10.2 Å². The van der Waals surface area contributed by atoms with Crippen LogP contribution in [-0.4, -0.2) is 5.11 Å². The molecule has 1 N–H and O–H groups in total. The molecule has 1 heterocycles. The Hall–Kier alpha value is -4.05. The Morgan fingerprint density at radius 1 is 1.03 bits per heavy atom. The molecule has 0 aliphatic carbocycles. The quantitative estimate of drug-likeness (QED) is 0.303. The summed E-state index contributed by atoms with van der Waals surface area (Å²) in [5.74, 6) is 0.780. The maximum Gasteiger partial charge on any atom is 0.200 e. The van der Waals surface area contributed by atoms with E-state index in [9.17, 15) is 9.90 Å². The van der Waals surface area contributed by atoms with Crippen molar-refractivity contribution in [1.82, 2.24) is 0 Å². The predicted octanol–water partition coefficient (Wildman–Crippen LogP) is 7.12. The van der Waals surface area contributed by atoms with Crippen molar-refractivity contribution < 1.29 is 14.3 Å². The molecule has 0 bridgehead atoms. The second-order valence-electron chi connectivity index (χ2n) is 8.51. The zero-order valence-electron chi connectivity index (χ0n) is 19.7. The topological polar surface area (TPSA) is 59.7 Å². The van der Waals surface area contributed by atoms with Gasteiger partial charge in [-0.05, 0) is 38.3 Å². The van der Waals surface area contributed by atoms with E-state index in [1.165, 1.54) is 11.6 Å². The highest BCUT2D eigenvalue weighted by Crippen LogP contribution is 2.33. The average Bonchev–Trinajstić information content (AvgIpc) is 2.82. The molecule has 172 valence electrons. The molecular weight excluding hydrogens is 424 g/mol. The third-order valence-corrected chi connectivity index (χ3v) is 5.62. The van der Waals surface area contributed by atoms with Crippen molar-refractivity contribution in [3.63, 3.8) is 0 Å². The molecule has 4 rings (SSSR count). The van der Waals surface area contributed by atoms with Crippen LogP contribution in [0.5, 0.6) is 11.5 Å². The maximum atomic E-state index is 13.5. The summed E-state index contributed by atoms with van der Waals surface area (Å²) in [5.41, 5.74) is 4.69. The van der Waals surface area contributed by atoms with E-state index in [0.29, 0.717) is 35.7 Å². The van der Waals surface area contributed by atoms with Crippen LogP contribution in [0.25, 0.3) is 22.3 Å². The molecule has 0 atom stereocenters. The molecule has 4 nitrogen and oxygen atoms in total. The van der Waals surface area contributed by atoms with Crippen LogP contribution in [0.3, 0.4) is 0 Å². The number of benzene rings is 3. The third kappa shape index (κ3) is 5.12. The lowest BCUT2D eigenvalue weighted by molar-refractivity contribution is 0.303. The first-order valence-corrected chi connectivity index (χ1v) is 11.3. The molecule has 1 aromatic heterocycles. The number of aromatic hydroxyl groups is 1. The summed E-state index contributed by atoms with van der Waals surface area (Å²) in [6, 6.07) is 20.6. The minimum Gasteiger partial charge on any atom is -0.507 e. The first kappa shape index (κ1) is 23.1. The maximum absolute atomic E-state index is 13.5. The largest absolute Gasteiger partial charge is 0.507 e. The van der Waals surface area contributed by atoms with Crippen molar-refractivity contribution in [2.45, 2.75) is 33.8 Å². The van der Waals surface area contributed by atoms with E-state index in [0.717, 1.165) is 16.7 Å². The highest BCUT2D eigenvalue weighted by Gasteiger charge is 2.19. The van der Waals surface area contributed by atoms with Gasteiger partial charge in [-0.1, -0.05) is 78.4 Å². The van der Waals surface area contributed by atoms with Crippen LogP contribution in [0.2, 0.25) is 0 Å². The summed E-state index contributed by atoms with van der Waals surface area (Å²) in [6.07, 6.45) is 6.22. The number of hydrogen-bond acceptors (Lipinski definition) is 4. The van der Waals surface area contributed by atoms with Gasteiger partial charge in [0.05, 0.1) is 0 Å². The Bertz CT molecular complexity index is 1420. The Morgan fingerprint density at radius 2 is 1.76 bits per heavy atom. The summed E-state index contributed by atoms with van der Waals surface area (Å²) in [6.45, 7) is 6.40. The molecule has 0 aliphatic heterocycles. The Labute approximate surface area is 199 Å². The Balaban J connectivity index is 1.79. The number of ether oxygens (including phenoxy) is 1. The number of aryl methyl sites for hydroxylation is 1. The third-order valence-electron chi connectivity index (χ3n) is 5.62. The lowest BCUT2D eigenvalue weighted by Gasteiger charge is -2.13. The molecule has 34 heavy (non-hydrogen) atoms. The van der Waals surface area contributed by atoms with Gasteiger partial charge < -0.3 is 14.3 Å². The monoisotopic (exact) mass is 452 g/mol. The van der Waals surface area contributed by atoms with E-state index in [4.69, 9.17) is 9.15 Å². The van der Waals surface area contributed by atoms with Crippen molar-refractivity contribution >= 4 is 11.0 Å². The molecule has 3 aromatic carbocycles. The molecule has 0 unspecified atom stereocenters. The van der Waals surface area contributed by atoms with Gasteiger partial charge >= 0.3 is 0 Å². The number of rotatable bonds is 7. The van der Waals surface area contributed by atoms with Crippen LogP contribution in [0.4, 0.5) is 0 Å². The standard InChI is InChI=1S/C30H28O4/c1-20(2)11-7-10-16-25-29(32)28-26(31)17-24(33-19-23-15-9-8-12-21(23)3)18-27(28)34-30(25)22-13-5-4-6-14-22/h4-15,17-18,31H,16,19H2,1-3H3/b10-7+. The van der Waals surface area contributed by atoms with Crippen LogP contribution in [0.15, 0.2) is 99.7 Å². The highest BCUT2D eigenvalue weighted by atomic mass is 16.5. The lowest BCUT2D eigenvalue weighted by Crippen LogP contribution is -2.11. The van der Waals surface area contributed by atoms with Gasteiger partial charge in [0, 0.05) is 23.3 Å². The highest BCUT2D eigenvalue weighted by molar-refractivity contribution is 5.87. The smallest absolute Gasteiger partial charge is 0.200 e. The summed E-state index contributed by atoms with van der Waals surface area (Å²) < 4.78 is 12.2. The zero-order chi connectivity index (χ0) is 24.1. The van der Waals surface area contributed by atoms with Gasteiger partial charge in [-0.25, -0.2) is 0 Å². The van der Waals surface area contributed by atoms with E-state index in [1.807, 2.05) is 93.6 Å². The number of allylic oxidation sites excluding steroid dienone is 4. The van der Waals surface area contributed by atoms with Gasteiger partial charge in [0.15, 0.2) is 0 Å². The zero-order valence-corrected chi connectivity index (χ0v) is 19.7. The second-order valence-corrected chi connectivity index (χ2v) is 8.51. The van der Waals surface area contributed by atoms with Crippen LogP contribution in [0.1, 0.15) is 30.5 Å². The van der Waals surface area contributed by atoms with E-state index in [1.54, 1.807) is 6.07 Å². The van der Waals surface area contributed by atoms with Crippen molar-refractivity contribution in [2.24, 2.45) is 0 Å². The van der Waals surface area contributed by atoms with E-state index in [-0.39, 0.29) is 16.6 Å². The number of hydrogen-bond donors (Lipinski definition) is 1. The van der Waals surface area contributed by atoms with Gasteiger partial charge in [-0.3, -0.25) is 4.79 Å².